The molecule has 2 aliphatic heterocycles. The first-order valence-electron chi connectivity index (χ1n) is 11.0. The van der Waals surface area contributed by atoms with Gasteiger partial charge in [0.15, 0.2) is 0 Å². The predicted octanol–water partition coefficient (Wildman–Crippen LogP) is 4.16. The lowest BCUT2D eigenvalue weighted by Crippen LogP contribution is -2.54. The van der Waals surface area contributed by atoms with Crippen LogP contribution in [0.15, 0.2) is 30.3 Å². The van der Waals surface area contributed by atoms with E-state index < -0.39 is 0 Å². The molecule has 29 heavy (non-hydrogen) atoms. The summed E-state index contributed by atoms with van der Waals surface area (Å²) in [4.78, 5) is 17.9. The Labute approximate surface area is 189 Å². The zero-order valence-electron chi connectivity index (χ0n) is 18.0. The first kappa shape index (κ1) is 26.2. The van der Waals surface area contributed by atoms with Gasteiger partial charge in [-0.1, -0.05) is 37.3 Å². The summed E-state index contributed by atoms with van der Waals surface area (Å²) < 4.78 is 0. The summed E-state index contributed by atoms with van der Waals surface area (Å²) >= 11 is 0. The van der Waals surface area contributed by atoms with Crippen molar-refractivity contribution >= 4 is 30.7 Å². The molecule has 1 unspecified atom stereocenters. The summed E-state index contributed by atoms with van der Waals surface area (Å²) in [5.41, 5.74) is 1.44. The zero-order chi connectivity index (χ0) is 19.1. The average molecular weight is 444 g/mol. The minimum Gasteiger partial charge on any atom is -0.338 e. The van der Waals surface area contributed by atoms with E-state index in [0.717, 1.165) is 57.9 Å². The van der Waals surface area contributed by atoms with E-state index in [1.54, 1.807) is 0 Å². The number of nitrogens with one attached hydrogen (secondary N) is 1. The molecule has 0 spiro atoms. The van der Waals surface area contributed by atoms with E-state index in [1.165, 1.54) is 24.8 Å². The van der Waals surface area contributed by atoms with E-state index in [9.17, 15) is 4.79 Å². The van der Waals surface area contributed by atoms with Gasteiger partial charge in [0.2, 0.25) is 5.91 Å². The van der Waals surface area contributed by atoms with E-state index in [0.29, 0.717) is 11.9 Å². The van der Waals surface area contributed by atoms with E-state index in [1.807, 2.05) is 0 Å². The number of halogens is 2. The van der Waals surface area contributed by atoms with Gasteiger partial charge in [-0.2, -0.15) is 0 Å². The molecule has 0 bridgehead atoms. The van der Waals surface area contributed by atoms with Crippen molar-refractivity contribution in [2.24, 2.45) is 5.92 Å². The molecule has 2 aliphatic rings. The second-order valence-electron chi connectivity index (χ2n) is 8.36. The number of hydrogen-bond donors (Lipinski definition) is 1. The molecule has 0 aromatic heterocycles. The van der Waals surface area contributed by atoms with Crippen LogP contribution in [-0.4, -0.2) is 60.5 Å². The van der Waals surface area contributed by atoms with Crippen LogP contribution in [0.3, 0.4) is 0 Å². The number of likely N-dealkylation sites (tertiary alicyclic amines) is 1. The molecule has 0 aliphatic carbocycles. The summed E-state index contributed by atoms with van der Waals surface area (Å²) in [6.07, 6.45) is 6.81. The highest BCUT2D eigenvalue weighted by Crippen LogP contribution is 2.24. The zero-order valence-corrected chi connectivity index (χ0v) is 19.6. The van der Waals surface area contributed by atoms with E-state index >= 15 is 0 Å². The molecule has 1 aromatic rings. The minimum absolute atomic E-state index is 0. The van der Waals surface area contributed by atoms with Gasteiger partial charge in [0, 0.05) is 12.6 Å². The Bertz CT molecular complexity index is 573. The van der Waals surface area contributed by atoms with Gasteiger partial charge in [-0.05, 0) is 83.1 Å². The summed E-state index contributed by atoms with van der Waals surface area (Å²) in [7, 11) is 0. The topological polar surface area (TPSA) is 35.6 Å². The maximum Gasteiger partial charge on any atom is 0.239 e. The largest absolute Gasteiger partial charge is 0.338 e. The Kier molecular flexibility index (Phi) is 12.2. The highest BCUT2D eigenvalue weighted by Gasteiger charge is 2.32. The number of carbonyl (C=O) groups excluding carboxylic acids is 1. The molecule has 0 saturated carbocycles. The third-order valence-electron chi connectivity index (χ3n) is 6.42. The number of hydrogen-bond acceptors (Lipinski definition) is 3. The van der Waals surface area contributed by atoms with Crippen LogP contribution < -0.4 is 5.32 Å². The highest BCUT2D eigenvalue weighted by atomic mass is 35.5. The molecule has 1 N–H and O–H groups in total. The quantitative estimate of drug-likeness (QED) is 0.686. The first-order chi connectivity index (χ1) is 13.2. The van der Waals surface area contributed by atoms with Gasteiger partial charge in [0.1, 0.15) is 0 Å². The summed E-state index contributed by atoms with van der Waals surface area (Å²) in [5, 5.41) is 3.42. The predicted molar refractivity (Wildman–Crippen MR) is 126 cm³/mol. The number of amides is 1. The number of carbonyl (C=O) groups is 1. The van der Waals surface area contributed by atoms with Gasteiger partial charge in [-0.15, -0.1) is 24.8 Å². The van der Waals surface area contributed by atoms with Gasteiger partial charge in [0.05, 0.1) is 6.04 Å². The Morgan fingerprint density at radius 1 is 1.10 bits per heavy atom. The molecule has 166 valence electrons. The molecule has 1 amide bonds. The van der Waals surface area contributed by atoms with Gasteiger partial charge < -0.3 is 10.2 Å². The summed E-state index contributed by atoms with van der Waals surface area (Å²) in [6.45, 7) is 9.39. The van der Waals surface area contributed by atoms with Crippen LogP contribution in [0.25, 0.3) is 0 Å². The van der Waals surface area contributed by atoms with Crippen molar-refractivity contribution in [3.8, 4) is 0 Å². The highest BCUT2D eigenvalue weighted by molar-refractivity contribution is 5.85. The second-order valence-corrected chi connectivity index (χ2v) is 8.36. The van der Waals surface area contributed by atoms with Gasteiger partial charge >= 0.3 is 0 Å². The SMILES string of the molecule is CCCN(C(=O)C(C)N1CCC(Cc2ccccc2)CC1)C1CCNCC1.Cl.Cl. The van der Waals surface area contributed by atoms with Gasteiger partial charge in [0.25, 0.3) is 0 Å². The van der Waals surface area contributed by atoms with Crippen LogP contribution in [0, 0.1) is 5.92 Å². The van der Waals surface area contributed by atoms with Crippen molar-refractivity contribution in [2.45, 2.75) is 64.5 Å². The molecule has 1 atom stereocenters. The molecule has 3 rings (SSSR count). The van der Waals surface area contributed by atoms with Crippen LogP contribution in [-0.2, 0) is 11.2 Å². The molecule has 2 heterocycles. The number of rotatable bonds is 7. The molecular weight excluding hydrogens is 405 g/mol. The van der Waals surface area contributed by atoms with Crippen molar-refractivity contribution < 1.29 is 4.79 Å². The van der Waals surface area contributed by atoms with E-state index in [-0.39, 0.29) is 30.9 Å². The monoisotopic (exact) mass is 443 g/mol. The fourth-order valence-corrected chi connectivity index (χ4v) is 4.72. The summed E-state index contributed by atoms with van der Waals surface area (Å²) in [5.74, 6) is 1.10. The second kappa shape index (κ2) is 13.5. The van der Waals surface area contributed by atoms with Gasteiger partial charge in [-0.3, -0.25) is 9.69 Å². The molecule has 2 fully saturated rings. The lowest BCUT2D eigenvalue weighted by atomic mass is 9.89. The molecular formula is C23H39Cl2N3O. The molecule has 2 saturated heterocycles. The van der Waals surface area contributed by atoms with Crippen LogP contribution in [0.5, 0.6) is 0 Å². The maximum atomic E-state index is 13.3. The fourth-order valence-electron chi connectivity index (χ4n) is 4.72. The Balaban J connectivity index is 0.00000210. The van der Waals surface area contributed by atoms with Crippen molar-refractivity contribution in [1.29, 1.82) is 0 Å². The lowest BCUT2D eigenvalue weighted by molar-refractivity contribution is -0.140. The Morgan fingerprint density at radius 3 is 2.31 bits per heavy atom. The van der Waals surface area contributed by atoms with E-state index in [2.05, 4.69) is 59.3 Å². The van der Waals surface area contributed by atoms with Crippen molar-refractivity contribution in [2.75, 3.05) is 32.7 Å². The maximum absolute atomic E-state index is 13.3. The van der Waals surface area contributed by atoms with Crippen LogP contribution in [0.4, 0.5) is 0 Å². The Morgan fingerprint density at radius 2 is 1.72 bits per heavy atom. The van der Waals surface area contributed by atoms with Crippen molar-refractivity contribution in [1.82, 2.24) is 15.1 Å². The fraction of sp³-hybridized carbons (Fsp3) is 0.696. The van der Waals surface area contributed by atoms with Gasteiger partial charge in [-0.25, -0.2) is 0 Å². The molecule has 6 heteroatoms. The third-order valence-corrected chi connectivity index (χ3v) is 6.42. The Hall–Kier alpha value is -0.810. The smallest absolute Gasteiger partial charge is 0.239 e. The lowest BCUT2D eigenvalue weighted by Gasteiger charge is -2.40. The third kappa shape index (κ3) is 7.43. The number of piperidine rings is 2. The molecule has 1 aromatic carbocycles. The minimum atomic E-state index is 0. The van der Waals surface area contributed by atoms with Crippen LogP contribution in [0.2, 0.25) is 0 Å². The average Bonchev–Trinajstić information content (AvgIpc) is 2.73. The molecule has 0 radical (unpaired) electrons. The number of benzene rings is 1. The number of nitrogens with zero attached hydrogens (tertiary/aromatic N) is 2. The molecule has 4 nitrogen and oxygen atoms in total. The first-order valence-corrected chi connectivity index (χ1v) is 11.0. The van der Waals surface area contributed by atoms with Crippen molar-refractivity contribution in [3.63, 3.8) is 0 Å². The van der Waals surface area contributed by atoms with Crippen LogP contribution >= 0.6 is 24.8 Å². The van der Waals surface area contributed by atoms with Crippen LogP contribution in [0.1, 0.15) is 51.5 Å². The standard InChI is InChI=1S/C23H37N3O.2ClH/c1-3-15-26(22-9-13-24-14-10-22)23(27)19(2)25-16-11-21(12-17-25)18-20-7-5-4-6-8-20;;/h4-8,19,21-22,24H,3,9-18H2,1-2H3;2*1H. The van der Waals surface area contributed by atoms with Crippen molar-refractivity contribution in [3.05, 3.63) is 35.9 Å². The normalized spacial score (nSPS) is 19.7. The summed E-state index contributed by atoms with van der Waals surface area (Å²) in [6, 6.07) is 11.3. The van der Waals surface area contributed by atoms with E-state index in [4.69, 9.17) is 0 Å².